The van der Waals surface area contributed by atoms with Crippen molar-refractivity contribution in [2.75, 3.05) is 0 Å². The van der Waals surface area contributed by atoms with E-state index in [0.29, 0.717) is 17.5 Å². The van der Waals surface area contributed by atoms with Crippen molar-refractivity contribution in [2.24, 2.45) is 0 Å². The van der Waals surface area contributed by atoms with Crippen LogP contribution < -0.4 is 0 Å². The molecule has 0 spiro atoms. The molecule has 6 heteroatoms. The Hall–Kier alpha value is -9.75. The molecule has 0 radical (unpaired) electrons. The Bertz CT molecular complexity index is 4890. The van der Waals surface area contributed by atoms with Crippen LogP contribution >= 0.6 is 11.3 Å². The highest BCUT2D eigenvalue weighted by molar-refractivity contribution is 7.27. The molecule has 0 aliphatic heterocycles. The highest BCUT2D eigenvalue weighted by Crippen LogP contribution is 2.50. The van der Waals surface area contributed by atoms with Crippen molar-refractivity contribution < 1.29 is 0 Å². The normalized spacial score (nSPS) is 15.2. The summed E-state index contributed by atoms with van der Waals surface area (Å²) in [6, 6.07) is 70.9. The summed E-state index contributed by atoms with van der Waals surface area (Å²) in [5, 5.41) is 7.67. The molecule has 4 heterocycles. The monoisotopic (exact) mass is 1060 g/mol. The van der Waals surface area contributed by atoms with Gasteiger partial charge in [0.25, 0.3) is 0 Å². The summed E-state index contributed by atoms with van der Waals surface area (Å²) in [4.78, 5) is 16.4. The number of benzene rings is 9. The molecule has 1 unspecified atom stereocenters. The molecule has 0 saturated carbocycles. The number of para-hydroxylation sites is 3. The molecule has 9 aromatic carbocycles. The molecule has 3 aliphatic rings. The smallest absolute Gasteiger partial charge is 0.164 e. The van der Waals surface area contributed by atoms with Crippen molar-refractivity contribution in [3.63, 3.8) is 0 Å². The number of aromatic nitrogens is 5. The topological polar surface area (TPSA) is 48.5 Å². The Morgan fingerprint density at radius 1 is 0.432 bits per heavy atom. The number of hydrogen-bond donors (Lipinski definition) is 0. The van der Waals surface area contributed by atoms with Crippen molar-refractivity contribution in [1.29, 1.82) is 0 Å². The van der Waals surface area contributed by atoms with Gasteiger partial charge in [-0.15, -0.1) is 11.3 Å². The first-order chi connectivity index (χ1) is 40.2. The van der Waals surface area contributed by atoms with Gasteiger partial charge in [0, 0.05) is 75.6 Å². The average Bonchev–Trinajstić information content (AvgIpc) is 4.30. The van der Waals surface area contributed by atoms with Gasteiger partial charge in [-0.1, -0.05) is 188 Å². The standard InChI is InChI=1S/C75H53N5S/c1-7-23-48(24-8-1)53-43-54(49-25-9-2-10-26-49)45-55(44-53)74-76-73(52-31-15-5-16-32-52)77-75(78-74)56-46-62(50-27-11-3-12-28-50)70(63(47-56)51-29-13-4-14-30-51)80-65-38-22-20-36-61(65)69-67(80)42-40-59-58-39-41-66-68(71(58)81-72(59)69)60-35-19-21-37-64(60)79(66)57-33-17-6-18-34-57/h1-3,5-9,11-13,15-25,27,29-47,50H,4,10,14,26,28H2. The van der Waals surface area contributed by atoms with Crippen LogP contribution in [-0.2, 0) is 0 Å². The van der Waals surface area contributed by atoms with E-state index in [9.17, 15) is 0 Å². The minimum atomic E-state index is 0.0780. The number of rotatable bonds is 9. The van der Waals surface area contributed by atoms with Crippen LogP contribution in [0, 0.1) is 0 Å². The highest BCUT2D eigenvalue weighted by Gasteiger charge is 2.28. The van der Waals surface area contributed by atoms with E-state index in [-0.39, 0.29) is 5.92 Å². The average molecular weight is 1060 g/mol. The third-order valence-electron chi connectivity index (χ3n) is 16.7. The fraction of sp³-hybridized carbons (Fsp3) is 0.0800. The zero-order chi connectivity index (χ0) is 53.4. The van der Waals surface area contributed by atoms with E-state index in [1.807, 2.05) is 17.4 Å². The van der Waals surface area contributed by atoms with E-state index >= 15 is 0 Å². The van der Waals surface area contributed by atoms with Gasteiger partial charge in [0.2, 0.25) is 0 Å². The van der Waals surface area contributed by atoms with Gasteiger partial charge in [0.15, 0.2) is 17.5 Å². The van der Waals surface area contributed by atoms with Crippen LogP contribution in [0.5, 0.6) is 0 Å². The Morgan fingerprint density at radius 2 is 1.04 bits per heavy atom. The van der Waals surface area contributed by atoms with Crippen LogP contribution in [0.25, 0.3) is 132 Å². The van der Waals surface area contributed by atoms with Crippen LogP contribution in [0.4, 0.5) is 0 Å². The number of hydrogen-bond acceptors (Lipinski definition) is 4. The second-order valence-corrected chi connectivity index (χ2v) is 22.6. The van der Waals surface area contributed by atoms with Crippen LogP contribution in [0.1, 0.15) is 54.7 Å². The fourth-order valence-electron chi connectivity index (χ4n) is 13.0. The summed E-state index contributed by atoms with van der Waals surface area (Å²) >= 11 is 1.94. The minimum Gasteiger partial charge on any atom is -0.309 e. The lowest BCUT2D eigenvalue weighted by molar-refractivity contribution is 0.842. The van der Waals surface area contributed by atoms with Crippen LogP contribution in [0.3, 0.4) is 0 Å². The lowest BCUT2D eigenvalue weighted by Gasteiger charge is -2.25. The molecule has 3 aliphatic carbocycles. The first-order valence-electron chi connectivity index (χ1n) is 28.3. The van der Waals surface area contributed by atoms with Crippen LogP contribution in [0.15, 0.2) is 255 Å². The molecule has 81 heavy (non-hydrogen) atoms. The first kappa shape index (κ1) is 47.3. The number of fused-ring (bicyclic) bond motifs is 11. The van der Waals surface area contributed by atoms with Gasteiger partial charge in [-0.25, -0.2) is 15.0 Å². The zero-order valence-electron chi connectivity index (χ0n) is 44.5. The van der Waals surface area contributed by atoms with Gasteiger partial charge in [-0.3, -0.25) is 0 Å². The molecule has 0 amide bonds. The number of allylic oxidation sites excluding steroid dienone is 12. The van der Waals surface area contributed by atoms with Gasteiger partial charge in [0.05, 0.1) is 27.8 Å². The Labute approximate surface area is 473 Å². The molecular weight excluding hydrogens is 1000 g/mol. The molecular formula is C75H53N5S. The summed E-state index contributed by atoms with van der Waals surface area (Å²) in [6.07, 6.45) is 27.7. The summed E-state index contributed by atoms with van der Waals surface area (Å²) in [7, 11) is 0. The van der Waals surface area contributed by atoms with Crippen molar-refractivity contribution >= 4 is 86.3 Å². The van der Waals surface area contributed by atoms with E-state index in [4.69, 9.17) is 15.0 Å². The summed E-state index contributed by atoms with van der Waals surface area (Å²) in [5.41, 5.74) is 18.4. The molecule has 13 aromatic rings. The molecule has 5 nitrogen and oxygen atoms in total. The SMILES string of the molecule is C1=CCCC(c2cc(-c3ccccc3)cc(-c3nc(-c4ccccc4)nc(-c4cc(C5=CCCC=C5)c(-n5c6ccccc6c6c7sc8c(ccc9c8c8ccccc8n9-c8ccccc8)c7ccc65)c(C5C=CC=CC5)c4)n3)c2)=C1. The molecule has 0 fully saturated rings. The minimum absolute atomic E-state index is 0.0780. The van der Waals surface area contributed by atoms with E-state index in [0.717, 1.165) is 65.5 Å². The van der Waals surface area contributed by atoms with E-state index in [1.54, 1.807) is 0 Å². The number of thiophene rings is 1. The van der Waals surface area contributed by atoms with E-state index < -0.39 is 0 Å². The predicted octanol–water partition coefficient (Wildman–Crippen LogP) is 20.2. The van der Waals surface area contributed by atoms with Gasteiger partial charge in [-0.2, -0.15) is 0 Å². The van der Waals surface area contributed by atoms with Crippen LogP contribution in [0.2, 0.25) is 0 Å². The second-order valence-electron chi connectivity index (χ2n) is 21.6. The quantitative estimate of drug-likeness (QED) is 0.145. The second kappa shape index (κ2) is 19.6. The molecule has 384 valence electrons. The first-order valence-corrected chi connectivity index (χ1v) is 29.1. The maximum absolute atomic E-state index is 5.57. The van der Waals surface area contributed by atoms with Crippen LogP contribution in [-0.4, -0.2) is 24.1 Å². The fourth-order valence-corrected chi connectivity index (χ4v) is 14.4. The Morgan fingerprint density at radius 3 is 1.69 bits per heavy atom. The predicted molar refractivity (Wildman–Crippen MR) is 341 cm³/mol. The van der Waals surface area contributed by atoms with Crippen molar-refractivity contribution in [3.05, 3.63) is 272 Å². The van der Waals surface area contributed by atoms with Gasteiger partial charge in [0.1, 0.15) is 0 Å². The third-order valence-corrected chi connectivity index (χ3v) is 18.0. The lowest BCUT2D eigenvalue weighted by atomic mass is 9.85. The van der Waals surface area contributed by atoms with Gasteiger partial charge < -0.3 is 9.13 Å². The Kier molecular flexibility index (Phi) is 11.4. The molecule has 0 saturated heterocycles. The summed E-state index contributed by atoms with van der Waals surface area (Å²) in [5.74, 6) is 2.01. The third kappa shape index (κ3) is 8.00. The van der Waals surface area contributed by atoms with Gasteiger partial charge in [-0.05, 0) is 132 Å². The molecule has 0 N–H and O–H groups in total. The van der Waals surface area contributed by atoms with Gasteiger partial charge >= 0.3 is 0 Å². The molecule has 16 rings (SSSR count). The summed E-state index contributed by atoms with van der Waals surface area (Å²) < 4.78 is 7.65. The maximum Gasteiger partial charge on any atom is 0.164 e. The van der Waals surface area contributed by atoms with E-state index in [1.165, 1.54) is 97.4 Å². The Balaban J connectivity index is 0.956. The lowest BCUT2D eigenvalue weighted by Crippen LogP contribution is -2.10. The maximum atomic E-state index is 5.57. The van der Waals surface area contributed by atoms with E-state index in [2.05, 4.69) is 258 Å². The molecule has 4 aromatic heterocycles. The zero-order valence-corrected chi connectivity index (χ0v) is 45.3. The number of nitrogens with zero attached hydrogens (tertiary/aromatic N) is 5. The molecule has 1 atom stereocenters. The van der Waals surface area contributed by atoms with Crippen molar-refractivity contribution in [3.8, 4) is 56.7 Å². The molecule has 0 bridgehead atoms. The van der Waals surface area contributed by atoms with Crippen molar-refractivity contribution in [1.82, 2.24) is 24.1 Å². The van der Waals surface area contributed by atoms with Crippen molar-refractivity contribution in [2.45, 2.75) is 38.0 Å². The largest absolute Gasteiger partial charge is 0.309 e. The highest BCUT2D eigenvalue weighted by atomic mass is 32.1. The summed E-state index contributed by atoms with van der Waals surface area (Å²) in [6.45, 7) is 0.